The highest BCUT2D eigenvalue weighted by Gasteiger charge is 2.34. The van der Waals surface area contributed by atoms with Crippen molar-refractivity contribution in [2.24, 2.45) is 5.92 Å². The highest BCUT2D eigenvalue weighted by Crippen LogP contribution is 2.46. The molecule has 0 rings (SSSR count). The minimum absolute atomic E-state index is 0.433. The summed E-state index contributed by atoms with van der Waals surface area (Å²) in [4.78, 5) is 0. The number of hydrogen-bond acceptors (Lipinski definition) is 1. The summed E-state index contributed by atoms with van der Waals surface area (Å²) in [5.74, 6) is 0.763. The third-order valence-electron chi connectivity index (χ3n) is 3.33. The van der Waals surface area contributed by atoms with Crippen LogP contribution in [0.25, 0.3) is 0 Å². The van der Waals surface area contributed by atoms with Crippen LogP contribution in [0.3, 0.4) is 0 Å². The van der Waals surface area contributed by atoms with Crippen LogP contribution in [-0.4, -0.2) is 9.49 Å². The molecule has 0 aromatic rings. The van der Waals surface area contributed by atoms with Gasteiger partial charge < -0.3 is 0 Å². The molecule has 0 spiro atoms. The van der Waals surface area contributed by atoms with Gasteiger partial charge in [-0.3, -0.25) is 0 Å². The van der Waals surface area contributed by atoms with Gasteiger partial charge in [0, 0.05) is 9.49 Å². The molecule has 0 nitrogen and oxygen atoms in total. The van der Waals surface area contributed by atoms with Gasteiger partial charge in [-0.25, -0.2) is 0 Å². The largest absolute Gasteiger partial charge is 0.149 e. The van der Waals surface area contributed by atoms with Crippen molar-refractivity contribution in [1.29, 1.82) is 0 Å². The molecule has 0 bridgehead atoms. The lowest BCUT2D eigenvalue weighted by Gasteiger charge is -2.40. The Balaban J connectivity index is 4.53. The van der Waals surface area contributed by atoms with Gasteiger partial charge in [0.1, 0.15) is 0 Å². The first kappa shape index (κ1) is 15.3. The van der Waals surface area contributed by atoms with Crippen LogP contribution in [0.15, 0.2) is 0 Å². The molecule has 0 fully saturated rings. The fourth-order valence-corrected chi connectivity index (χ4v) is 4.35. The maximum absolute atomic E-state index is 2.45. The smallest absolute Gasteiger partial charge is 0.0160 e. The Labute approximate surface area is 102 Å². The number of rotatable bonds is 7. The normalized spacial score (nSPS) is 16.8. The second-order valence-electron chi connectivity index (χ2n) is 5.83. The molecule has 0 aliphatic heterocycles. The highest BCUT2D eigenvalue weighted by atomic mass is 32.2. The first-order valence-electron chi connectivity index (χ1n) is 6.47. The SMILES string of the molecule is CCCC(C)(C)SC(C)(CCC)C(C)C. The molecule has 0 heterocycles. The first-order valence-corrected chi connectivity index (χ1v) is 7.29. The standard InChI is InChI=1S/C14H30S/c1-8-10-13(5,6)15-14(7,11-9-2)12(3)4/h12H,8-11H2,1-7H3. The molecule has 92 valence electrons. The molecule has 0 N–H and O–H groups in total. The van der Waals surface area contributed by atoms with Crippen molar-refractivity contribution in [2.45, 2.75) is 83.6 Å². The van der Waals surface area contributed by atoms with E-state index in [4.69, 9.17) is 0 Å². The average molecular weight is 230 g/mol. The summed E-state index contributed by atoms with van der Waals surface area (Å²) < 4.78 is 0.885. The Kier molecular flexibility index (Phi) is 6.32. The minimum Gasteiger partial charge on any atom is -0.149 e. The van der Waals surface area contributed by atoms with Crippen LogP contribution in [0.1, 0.15) is 74.1 Å². The second-order valence-corrected chi connectivity index (χ2v) is 8.07. The third-order valence-corrected chi connectivity index (χ3v) is 5.23. The molecule has 1 atom stereocenters. The van der Waals surface area contributed by atoms with Gasteiger partial charge in [0.05, 0.1) is 0 Å². The molecule has 1 heteroatoms. The van der Waals surface area contributed by atoms with Gasteiger partial charge in [-0.2, -0.15) is 0 Å². The van der Waals surface area contributed by atoms with E-state index in [0.29, 0.717) is 9.49 Å². The van der Waals surface area contributed by atoms with Crippen LogP contribution >= 0.6 is 11.8 Å². The molecule has 0 aromatic heterocycles. The molecule has 0 aromatic carbocycles. The molecule has 0 saturated heterocycles. The maximum Gasteiger partial charge on any atom is 0.0160 e. The lowest BCUT2D eigenvalue weighted by molar-refractivity contribution is 0.427. The van der Waals surface area contributed by atoms with Gasteiger partial charge in [-0.05, 0) is 18.8 Å². The molecule has 0 saturated carbocycles. The Morgan fingerprint density at radius 3 is 1.73 bits per heavy atom. The van der Waals surface area contributed by atoms with E-state index in [1.165, 1.54) is 25.7 Å². The van der Waals surface area contributed by atoms with Gasteiger partial charge >= 0.3 is 0 Å². The summed E-state index contributed by atoms with van der Waals surface area (Å²) in [6, 6.07) is 0. The van der Waals surface area contributed by atoms with E-state index in [1.807, 2.05) is 0 Å². The van der Waals surface area contributed by atoms with Gasteiger partial charge in [-0.1, -0.05) is 61.3 Å². The number of thioether (sulfide) groups is 1. The van der Waals surface area contributed by atoms with Crippen molar-refractivity contribution in [3.8, 4) is 0 Å². The second kappa shape index (κ2) is 6.18. The molecule has 0 aliphatic rings. The molecular formula is C14H30S. The summed E-state index contributed by atoms with van der Waals surface area (Å²) in [5, 5.41) is 0. The fraction of sp³-hybridized carbons (Fsp3) is 1.00. The molecule has 15 heavy (non-hydrogen) atoms. The lowest BCUT2D eigenvalue weighted by atomic mass is 9.92. The molecule has 0 aliphatic carbocycles. The van der Waals surface area contributed by atoms with Crippen molar-refractivity contribution in [3.05, 3.63) is 0 Å². The molecule has 1 unspecified atom stereocenters. The monoisotopic (exact) mass is 230 g/mol. The Bertz CT molecular complexity index is 172. The van der Waals surface area contributed by atoms with Crippen LogP contribution < -0.4 is 0 Å². The summed E-state index contributed by atoms with van der Waals surface area (Å²) in [6.45, 7) is 16.6. The Morgan fingerprint density at radius 2 is 1.40 bits per heavy atom. The Morgan fingerprint density at radius 1 is 0.933 bits per heavy atom. The molecule has 0 amide bonds. The van der Waals surface area contributed by atoms with Crippen molar-refractivity contribution in [3.63, 3.8) is 0 Å². The van der Waals surface area contributed by atoms with Crippen molar-refractivity contribution in [1.82, 2.24) is 0 Å². The van der Waals surface area contributed by atoms with E-state index in [9.17, 15) is 0 Å². The zero-order valence-electron chi connectivity index (χ0n) is 11.8. The van der Waals surface area contributed by atoms with E-state index in [-0.39, 0.29) is 0 Å². The van der Waals surface area contributed by atoms with Crippen LogP contribution in [0.4, 0.5) is 0 Å². The molecule has 0 radical (unpaired) electrons. The summed E-state index contributed by atoms with van der Waals surface area (Å²) in [5.41, 5.74) is 0. The summed E-state index contributed by atoms with van der Waals surface area (Å²) >= 11 is 2.21. The highest BCUT2D eigenvalue weighted by molar-refractivity contribution is 8.01. The third kappa shape index (κ3) is 5.29. The quantitative estimate of drug-likeness (QED) is 0.555. The van der Waals surface area contributed by atoms with E-state index >= 15 is 0 Å². The van der Waals surface area contributed by atoms with Gasteiger partial charge in [0.2, 0.25) is 0 Å². The fourth-order valence-electron chi connectivity index (χ4n) is 2.24. The molecular weight excluding hydrogens is 200 g/mol. The zero-order valence-corrected chi connectivity index (χ0v) is 12.6. The zero-order chi connectivity index (χ0) is 12.1. The van der Waals surface area contributed by atoms with E-state index in [2.05, 4.69) is 60.2 Å². The summed E-state index contributed by atoms with van der Waals surface area (Å²) in [6.07, 6.45) is 5.25. The van der Waals surface area contributed by atoms with Gasteiger partial charge in [-0.15, -0.1) is 11.8 Å². The van der Waals surface area contributed by atoms with Crippen LogP contribution in [0.5, 0.6) is 0 Å². The van der Waals surface area contributed by atoms with Crippen molar-refractivity contribution < 1.29 is 0 Å². The van der Waals surface area contributed by atoms with Crippen molar-refractivity contribution in [2.75, 3.05) is 0 Å². The first-order chi connectivity index (χ1) is 6.77. The predicted molar refractivity (Wildman–Crippen MR) is 74.7 cm³/mol. The lowest BCUT2D eigenvalue weighted by Crippen LogP contribution is -2.33. The van der Waals surface area contributed by atoms with Crippen LogP contribution in [-0.2, 0) is 0 Å². The number of hydrogen-bond donors (Lipinski definition) is 0. The van der Waals surface area contributed by atoms with Crippen molar-refractivity contribution >= 4 is 11.8 Å². The predicted octanol–water partition coefficient (Wildman–Crippen LogP) is 5.51. The minimum atomic E-state index is 0.433. The summed E-state index contributed by atoms with van der Waals surface area (Å²) in [7, 11) is 0. The van der Waals surface area contributed by atoms with Gasteiger partial charge in [0.25, 0.3) is 0 Å². The topological polar surface area (TPSA) is 0 Å². The maximum atomic E-state index is 2.45. The Hall–Kier alpha value is 0.350. The van der Waals surface area contributed by atoms with Crippen LogP contribution in [0, 0.1) is 5.92 Å². The van der Waals surface area contributed by atoms with E-state index in [1.54, 1.807) is 0 Å². The van der Waals surface area contributed by atoms with E-state index < -0.39 is 0 Å². The van der Waals surface area contributed by atoms with Gasteiger partial charge in [0.15, 0.2) is 0 Å². The average Bonchev–Trinajstić information content (AvgIpc) is 2.02. The van der Waals surface area contributed by atoms with E-state index in [0.717, 1.165) is 5.92 Å². The van der Waals surface area contributed by atoms with Crippen LogP contribution in [0.2, 0.25) is 0 Å².